The van der Waals surface area contributed by atoms with Crippen LogP contribution in [0.5, 0.6) is 17.2 Å². The van der Waals surface area contributed by atoms with Gasteiger partial charge in [-0.1, -0.05) is 17.7 Å². The number of benzene rings is 2. The number of ether oxygens (including phenoxy) is 2. The van der Waals surface area contributed by atoms with E-state index in [1.165, 1.54) is 20.4 Å². The number of methoxy groups -OCH3 is 2. The Morgan fingerprint density at radius 1 is 1.24 bits per heavy atom. The average molecular weight is 380 g/mol. The highest BCUT2D eigenvalue weighted by atomic mass is 35.5. The molecule has 0 fully saturated rings. The van der Waals surface area contributed by atoms with Gasteiger partial charge in [0.05, 0.1) is 20.4 Å². The van der Waals surface area contributed by atoms with Crippen LogP contribution in [0.3, 0.4) is 0 Å². The molecule has 0 aliphatic carbocycles. The fourth-order valence-corrected chi connectivity index (χ4v) is 2.38. The second-order valence-corrected chi connectivity index (χ2v) is 5.83. The molecule has 0 bridgehead atoms. The van der Waals surface area contributed by atoms with E-state index in [0.29, 0.717) is 15.7 Å². The van der Waals surface area contributed by atoms with E-state index in [1.807, 2.05) is 25.1 Å². The highest BCUT2D eigenvalue weighted by molar-refractivity contribution is 7.80. The van der Waals surface area contributed by atoms with E-state index in [1.54, 1.807) is 12.1 Å². The summed E-state index contributed by atoms with van der Waals surface area (Å²) >= 11 is 11.3. The second-order valence-electron chi connectivity index (χ2n) is 5.01. The van der Waals surface area contributed by atoms with Gasteiger partial charge >= 0.3 is 0 Å². The first kappa shape index (κ1) is 18.8. The van der Waals surface area contributed by atoms with Gasteiger partial charge in [0.15, 0.2) is 16.6 Å². The lowest BCUT2D eigenvalue weighted by Crippen LogP contribution is -2.24. The lowest BCUT2D eigenvalue weighted by molar-refractivity contribution is 0.340. The molecule has 0 atom stereocenters. The van der Waals surface area contributed by atoms with Crippen molar-refractivity contribution in [3.63, 3.8) is 0 Å². The van der Waals surface area contributed by atoms with Gasteiger partial charge in [0.25, 0.3) is 0 Å². The minimum Gasteiger partial charge on any atom is -0.502 e. The van der Waals surface area contributed by atoms with Crippen LogP contribution in [0.4, 0.5) is 5.69 Å². The summed E-state index contributed by atoms with van der Waals surface area (Å²) in [7, 11) is 2.92. The molecule has 0 aliphatic heterocycles. The first-order valence-electron chi connectivity index (χ1n) is 7.26. The monoisotopic (exact) mass is 379 g/mol. The van der Waals surface area contributed by atoms with E-state index >= 15 is 0 Å². The average Bonchev–Trinajstić information content (AvgIpc) is 2.60. The van der Waals surface area contributed by atoms with Crippen LogP contribution in [-0.2, 0) is 0 Å². The van der Waals surface area contributed by atoms with Gasteiger partial charge in [-0.05, 0) is 49.0 Å². The van der Waals surface area contributed by atoms with Crippen molar-refractivity contribution in [2.45, 2.75) is 6.92 Å². The van der Waals surface area contributed by atoms with Crippen molar-refractivity contribution in [2.75, 3.05) is 19.5 Å². The summed E-state index contributed by atoms with van der Waals surface area (Å²) in [5.41, 5.74) is 5.08. The molecule has 0 heterocycles. The van der Waals surface area contributed by atoms with Crippen molar-refractivity contribution in [1.29, 1.82) is 0 Å². The predicted molar refractivity (Wildman–Crippen MR) is 104 cm³/mol. The van der Waals surface area contributed by atoms with Crippen molar-refractivity contribution < 1.29 is 14.6 Å². The molecule has 0 spiro atoms. The van der Waals surface area contributed by atoms with Gasteiger partial charge in [0.2, 0.25) is 5.75 Å². The van der Waals surface area contributed by atoms with E-state index in [2.05, 4.69) is 15.8 Å². The van der Waals surface area contributed by atoms with Gasteiger partial charge in [-0.25, -0.2) is 0 Å². The number of hydrogen-bond acceptors (Lipinski definition) is 5. The number of thiocarbonyl (C=S) groups is 1. The Kier molecular flexibility index (Phi) is 6.44. The molecule has 0 saturated carbocycles. The second kappa shape index (κ2) is 8.55. The Morgan fingerprint density at radius 2 is 1.88 bits per heavy atom. The van der Waals surface area contributed by atoms with Crippen LogP contribution in [0.2, 0.25) is 5.02 Å². The van der Waals surface area contributed by atoms with Crippen LogP contribution in [0.25, 0.3) is 0 Å². The minimum absolute atomic E-state index is 0.0660. The maximum atomic E-state index is 9.89. The molecule has 25 heavy (non-hydrogen) atoms. The molecule has 0 amide bonds. The number of nitrogens with zero attached hydrogens (tertiary/aromatic N) is 1. The van der Waals surface area contributed by atoms with Gasteiger partial charge in [-0.15, -0.1) is 0 Å². The molecule has 2 aromatic rings. The van der Waals surface area contributed by atoms with E-state index in [4.69, 9.17) is 33.3 Å². The summed E-state index contributed by atoms with van der Waals surface area (Å²) in [4.78, 5) is 0. The van der Waals surface area contributed by atoms with Gasteiger partial charge in [-0.2, -0.15) is 5.10 Å². The van der Waals surface area contributed by atoms with Gasteiger partial charge in [-0.3, -0.25) is 5.43 Å². The maximum absolute atomic E-state index is 9.89. The maximum Gasteiger partial charge on any atom is 0.200 e. The number of anilines is 1. The topological polar surface area (TPSA) is 75.1 Å². The Morgan fingerprint density at radius 3 is 2.48 bits per heavy atom. The molecular weight excluding hydrogens is 362 g/mol. The van der Waals surface area contributed by atoms with Crippen molar-refractivity contribution in [1.82, 2.24) is 5.43 Å². The zero-order chi connectivity index (χ0) is 18.4. The number of hydrazone groups is 1. The Balaban J connectivity index is 2.05. The van der Waals surface area contributed by atoms with Crippen molar-refractivity contribution in [3.05, 3.63) is 46.5 Å². The summed E-state index contributed by atoms with van der Waals surface area (Å²) in [6.07, 6.45) is 1.53. The molecular formula is C17H18ClN3O3S. The molecule has 0 saturated heterocycles. The quantitative estimate of drug-likeness (QED) is 0.418. The highest BCUT2D eigenvalue weighted by Crippen LogP contribution is 2.36. The molecule has 132 valence electrons. The molecule has 0 radical (unpaired) electrons. The third-order valence-corrected chi connectivity index (χ3v) is 4.00. The molecule has 0 aliphatic rings. The van der Waals surface area contributed by atoms with Crippen molar-refractivity contribution in [3.8, 4) is 17.2 Å². The summed E-state index contributed by atoms with van der Waals surface area (Å²) in [6, 6.07) is 8.76. The summed E-state index contributed by atoms with van der Waals surface area (Å²) in [5, 5.41) is 17.9. The van der Waals surface area contributed by atoms with Crippen LogP contribution in [0, 0.1) is 6.92 Å². The third-order valence-electron chi connectivity index (χ3n) is 3.40. The van der Waals surface area contributed by atoms with Gasteiger partial charge in [0.1, 0.15) is 0 Å². The summed E-state index contributed by atoms with van der Waals surface area (Å²) < 4.78 is 10.2. The van der Waals surface area contributed by atoms with Gasteiger partial charge in [0, 0.05) is 16.3 Å². The van der Waals surface area contributed by atoms with Crippen LogP contribution < -0.4 is 20.2 Å². The van der Waals surface area contributed by atoms with E-state index in [-0.39, 0.29) is 17.2 Å². The van der Waals surface area contributed by atoms with Crippen molar-refractivity contribution >= 4 is 40.8 Å². The normalized spacial score (nSPS) is 10.6. The summed E-state index contributed by atoms with van der Waals surface area (Å²) in [6.45, 7) is 1.89. The third kappa shape index (κ3) is 4.74. The number of phenolic OH excluding ortho intramolecular Hbond substituents is 1. The van der Waals surface area contributed by atoms with E-state index in [0.717, 1.165) is 11.3 Å². The molecule has 3 N–H and O–H groups in total. The summed E-state index contributed by atoms with van der Waals surface area (Å²) in [5.74, 6) is 0.510. The molecule has 8 heteroatoms. The number of rotatable bonds is 5. The Labute approximate surface area is 156 Å². The first-order valence-corrected chi connectivity index (χ1v) is 8.05. The lowest BCUT2D eigenvalue weighted by Gasteiger charge is -2.11. The molecule has 6 nitrogen and oxygen atoms in total. The zero-order valence-electron chi connectivity index (χ0n) is 14.0. The number of aromatic hydroxyl groups is 1. The fraction of sp³-hybridized carbons (Fsp3) is 0.176. The number of nitrogens with one attached hydrogen (secondary N) is 2. The Hall–Kier alpha value is -2.51. The fourth-order valence-electron chi connectivity index (χ4n) is 2.05. The molecule has 0 aromatic heterocycles. The lowest BCUT2D eigenvalue weighted by atomic mass is 10.2. The molecule has 2 aromatic carbocycles. The standard InChI is InChI=1S/C17H18ClN3O3S/c1-10-12(18)5-4-6-13(10)20-17(25)21-19-9-11-7-14(23-2)16(22)15(8-11)24-3/h4-9,22H,1-3H3,(H2,20,21,25)/b19-9+. The van der Waals surface area contributed by atoms with Gasteiger partial charge < -0.3 is 19.9 Å². The SMILES string of the molecule is COc1cc(/C=N/NC(=S)Nc2cccc(Cl)c2C)cc(OC)c1O. The Bertz CT molecular complexity index is 787. The van der Waals surface area contributed by atoms with Crippen LogP contribution in [-0.4, -0.2) is 30.7 Å². The van der Waals surface area contributed by atoms with Crippen LogP contribution in [0.1, 0.15) is 11.1 Å². The van der Waals surface area contributed by atoms with Crippen LogP contribution in [0.15, 0.2) is 35.4 Å². The van der Waals surface area contributed by atoms with Crippen molar-refractivity contribution in [2.24, 2.45) is 5.10 Å². The highest BCUT2D eigenvalue weighted by Gasteiger charge is 2.10. The number of hydrogen-bond donors (Lipinski definition) is 3. The number of halogens is 1. The van der Waals surface area contributed by atoms with E-state index < -0.39 is 0 Å². The largest absolute Gasteiger partial charge is 0.502 e. The molecule has 2 rings (SSSR count). The molecule has 0 unspecified atom stereocenters. The van der Waals surface area contributed by atoms with E-state index in [9.17, 15) is 5.11 Å². The first-order chi connectivity index (χ1) is 12.0. The minimum atomic E-state index is -0.0660. The zero-order valence-corrected chi connectivity index (χ0v) is 15.5. The predicted octanol–water partition coefficient (Wildman–Crippen LogP) is 3.69. The van der Waals surface area contributed by atoms with Crippen LogP contribution >= 0.6 is 23.8 Å². The number of phenols is 1. The smallest absolute Gasteiger partial charge is 0.200 e.